The number of hydrogen-bond donors (Lipinski definition) is 1. The summed E-state index contributed by atoms with van der Waals surface area (Å²) in [5.74, 6) is 0. The molecule has 0 aliphatic rings. The largest absolute Gasteiger partial charge is 0.383 e. The Kier molecular flexibility index (Phi) is 3.32. The molecule has 3 heteroatoms. The fourth-order valence-electron chi connectivity index (χ4n) is 2.27. The zero-order valence-corrected chi connectivity index (χ0v) is 11.5. The molecule has 0 spiro atoms. The van der Waals surface area contributed by atoms with E-state index in [1.165, 1.54) is 4.88 Å². The van der Waals surface area contributed by atoms with Gasteiger partial charge in [0.2, 0.25) is 0 Å². The summed E-state index contributed by atoms with van der Waals surface area (Å²) in [6.45, 7) is 2.13. The first-order chi connectivity index (χ1) is 9.29. The number of benzene rings is 1. The molecule has 19 heavy (non-hydrogen) atoms. The Bertz CT molecular complexity index is 699. The van der Waals surface area contributed by atoms with E-state index in [9.17, 15) is 5.11 Å². The molecular formula is C16H15NOS. The summed E-state index contributed by atoms with van der Waals surface area (Å²) in [6, 6.07) is 12.0. The highest BCUT2D eigenvalue weighted by atomic mass is 32.1. The van der Waals surface area contributed by atoms with Gasteiger partial charge in [0.15, 0.2) is 0 Å². The molecule has 1 atom stereocenters. The van der Waals surface area contributed by atoms with Gasteiger partial charge in [-0.25, -0.2) is 0 Å². The van der Waals surface area contributed by atoms with Crippen LogP contribution in [0.5, 0.6) is 0 Å². The molecule has 0 amide bonds. The van der Waals surface area contributed by atoms with Gasteiger partial charge in [0.25, 0.3) is 0 Å². The number of nitrogens with zero attached hydrogens (tertiary/aromatic N) is 1. The van der Waals surface area contributed by atoms with E-state index in [2.05, 4.69) is 18.0 Å². The van der Waals surface area contributed by atoms with E-state index >= 15 is 0 Å². The van der Waals surface area contributed by atoms with Crippen LogP contribution in [0.3, 0.4) is 0 Å². The Morgan fingerprint density at radius 3 is 2.89 bits per heavy atom. The smallest absolute Gasteiger partial charge is 0.114 e. The predicted molar refractivity (Wildman–Crippen MR) is 79.5 cm³/mol. The van der Waals surface area contributed by atoms with Gasteiger partial charge in [0.05, 0.1) is 0 Å². The van der Waals surface area contributed by atoms with Crippen LogP contribution in [0.1, 0.15) is 28.3 Å². The summed E-state index contributed by atoms with van der Waals surface area (Å²) in [4.78, 5) is 6.43. The average Bonchev–Trinajstić information content (AvgIpc) is 2.95. The lowest BCUT2D eigenvalue weighted by molar-refractivity contribution is 0.226. The molecule has 1 N–H and O–H groups in total. The first kappa shape index (κ1) is 12.3. The van der Waals surface area contributed by atoms with E-state index in [0.29, 0.717) is 0 Å². The molecule has 0 aliphatic heterocycles. The standard InChI is InChI=1S/C16H15NOS/c1-2-12-6-7-15(19-12)16(18)14-5-3-4-11-10-17-9-8-13(11)14/h3-10,16,18H,2H2,1H3. The van der Waals surface area contributed by atoms with Crippen molar-refractivity contribution >= 4 is 22.1 Å². The molecule has 2 nitrogen and oxygen atoms in total. The van der Waals surface area contributed by atoms with Crippen molar-refractivity contribution < 1.29 is 5.11 Å². The second-order valence-corrected chi connectivity index (χ2v) is 5.70. The van der Waals surface area contributed by atoms with E-state index < -0.39 is 6.10 Å². The number of thiophene rings is 1. The summed E-state index contributed by atoms with van der Waals surface area (Å²) in [5.41, 5.74) is 0.949. The van der Waals surface area contributed by atoms with Crippen LogP contribution in [0.15, 0.2) is 48.8 Å². The maximum absolute atomic E-state index is 10.6. The zero-order chi connectivity index (χ0) is 13.2. The Morgan fingerprint density at radius 2 is 2.11 bits per heavy atom. The first-order valence-corrected chi connectivity index (χ1v) is 7.20. The molecule has 3 rings (SSSR count). The van der Waals surface area contributed by atoms with Gasteiger partial charge in [-0.1, -0.05) is 25.1 Å². The van der Waals surface area contributed by atoms with Crippen molar-refractivity contribution in [1.82, 2.24) is 4.98 Å². The number of rotatable bonds is 3. The van der Waals surface area contributed by atoms with Crippen LogP contribution in [0, 0.1) is 0 Å². The molecule has 0 bridgehead atoms. The topological polar surface area (TPSA) is 33.1 Å². The lowest BCUT2D eigenvalue weighted by atomic mass is 10.0. The second-order valence-electron chi connectivity index (χ2n) is 4.50. The normalized spacial score (nSPS) is 12.7. The summed E-state index contributed by atoms with van der Waals surface area (Å²) in [5, 5.41) is 12.7. The third-order valence-corrected chi connectivity index (χ3v) is 4.59. The SMILES string of the molecule is CCc1ccc(C(O)c2cccc3cnccc23)s1. The highest BCUT2D eigenvalue weighted by molar-refractivity contribution is 7.12. The van der Waals surface area contributed by atoms with Gasteiger partial charge in [-0.2, -0.15) is 0 Å². The number of pyridine rings is 1. The van der Waals surface area contributed by atoms with Crippen molar-refractivity contribution in [2.24, 2.45) is 0 Å². The molecule has 96 valence electrons. The van der Waals surface area contributed by atoms with Crippen LogP contribution in [0.2, 0.25) is 0 Å². The minimum absolute atomic E-state index is 0.559. The van der Waals surface area contributed by atoms with E-state index in [0.717, 1.165) is 27.6 Å². The van der Waals surface area contributed by atoms with Gasteiger partial charge in [-0.05, 0) is 35.6 Å². The van der Waals surface area contributed by atoms with Crippen LogP contribution in [0.25, 0.3) is 10.8 Å². The van der Waals surface area contributed by atoms with Gasteiger partial charge < -0.3 is 5.11 Å². The van der Waals surface area contributed by atoms with Crippen LogP contribution < -0.4 is 0 Å². The van der Waals surface area contributed by atoms with Crippen molar-refractivity contribution in [3.63, 3.8) is 0 Å². The molecular weight excluding hydrogens is 254 g/mol. The Morgan fingerprint density at radius 1 is 1.21 bits per heavy atom. The van der Waals surface area contributed by atoms with Crippen molar-refractivity contribution in [1.29, 1.82) is 0 Å². The number of aliphatic hydroxyl groups excluding tert-OH is 1. The monoisotopic (exact) mass is 269 g/mol. The minimum atomic E-state index is -0.559. The summed E-state index contributed by atoms with van der Waals surface area (Å²) >= 11 is 1.68. The molecule has 0 fully saturated rings. The molecule has 0 saturated heterocycles. The fraction of sp³-hybridized carbons (Fsp3) is 0.188. The number of hydrogen-bond acceptors (Lipinski definition) is 3. The second kappa shape index (κ2) is 5.11. The van der Waals surface area contributed by atoms with Gasteiger partial charge in [0.1, 0.15) is 6.10 Å². The molecule has 2 heterocycles. The number of aryl methyl sites for hydroxylation is 1. The van der Waals surface area contributed by atoms with Crippen molar-refractivity contribution in [2.75, 3.05) is 0 Å². The molecule has 3 aromatic rings. The van der Waals surface area contributed by atoms with Crippen LogP contribution in [0.4, 0.5) is 0 Å². The predicted octanol–water partition coefficient (Wildman–Crippen LogP) is 3.94. The number of aliphatic hydroxyl groups is 1. The maximum atomic E-state index is 10.6. The minimum Gasteiger partial charge on any atom is -0.383 e. The van der Waals surface area contributed by atoms with E-state index in [1.54, 1.807) is 17.5 Å². The highest BCUT2D eigenvalue weighted by Gasteiger charge is 2.15. The van der Waals surface area contributed by atoms with Gasteiger partial charge >= 0.3 is 0 Å². The maximum Gasteiger partial charge on any atom is 0.114 e. The molecule has 0 radical (unpaired) electrons. The van der Waals surface area contributed by atoms with E-state index in [1.807, 2.05) is 36.5 Å². The number of fused-ring (bicyclic) bond motifs is 1. The summed E-state index contributed by atoms with van der Waals surface area (Å²) in [6.07, 6.45) is 4.05. The third kappa shape index (κ3) is 2.27. The summed E-state index contributed by atoms with van der Waals surface area (Å²) < 4.78 is 0. The van der Waals surface area contributed by atoms with Crippen LogP contribution in [-0.2, 0) is 6.42 Å². The zero-order valence-electron chi connectivity index (χ0n) is 10.7. The molecule has 0 saturated carbocycles. The Balaban J connectivity index is 2.08. The lowest BCUT2D eigenvalue weighted by Gasteiger charge is -2.12. The quantitative estimate of drug-likeness (QED) is 0.781. The molecule has 0 aliphatic carbocycles. The Labute approximate surface area is 116 Å². The molecule has 1 aromatic carbocycles. The highest BCUT2D eigenvalue weighted by Crippen LogP contribution is 2.32. The van der Waals surface area contributed by atoms with Crippen molar-refractivity contribution in [2.45, 2.75) is 19.4 Å². The third-order valence-electron chi connectivity index (χ3n) is 3.31. The van der Waals surface area contributed by atoms with Crippen molar-refractivity contribution in [3.8, 4) is 0 Å². The Hall–Kier alpha value is -1.71. The fourth-order valence-corrected chi connectivity index (χ4v) is 3.23. The van der Waals surface area contributed by atoms with Gasteiger partial charge in [-0.15, -0.1) is 11.3 Å². The first-order valence-electron chi connectivity index (χ1n) is 6.39. The van der Waals surface area contributed by atoms with Gasteiger partial charge in [-0.3, -0.25) is 4.98 Å². The van der Waals surface area contributed by atoms with Crippen LogP contribution >= 0.6 is 11.3 Å². The van der Waals surface area contributed by atoms with Gasteiger partial charge in [0, 0.05) is 27.5 Å². The number of aromatic nitrogens is 1. The lowest BCUT2D eigenvalue weighted by Crippen LogP contribution is -1.98. The van der Waals surface area contributed by atoms with E-state index in [4.69, 9.17) is 0 Å². The average molecular weight is 269 g/mol. The van der Waals surface area contributed by atoms with Crippen LogP contribution in [-0.4, -0.2) is 10.1 Å². The van der Waals surface area contributed by atoms with E-state index in [-0.39, 0.29) is 0 Å². The van der Waals surface area contributed by atoms with Crippen molar-refractivity contribution in [3.05, 3.63) is 64.1 Å². The molecule has 2 aromatic heterocycles. The molecule has 1 unspecified atom stereocenters. The summed E-state index contributed by atoms with van der Waals surface area (Å²) in [7, 11) is 0.